The van der Waals surface area contributed by atoms with Gasteiger partial charge in [0.25, 0.3) is 0 Å². The monoisotopic (exact) mass is 157 g/mol. The number of hydrogen-bond donors (Lipinski definition) is 3. The van der Waals surface area contributed by atoms with Crippen LogP contribution in [-0.2, 0) is 0 Å². The molecule has 11 heavy (non-hydrogen) atoms. The Morgan fingerprint density at radius 2 is 2.55 bits per heavy atom. The van der Waals surface area contributed by atoms with E-state index in [9.17, 15) is 4.79 Å². The van der Waals surface area contributed by atoms with Crippen molar-refractivity contribution in [2.24, 2.45) is 0 Å². The minimum Gasteiger partial charge on any atom is -0.338 e. The van der Waals surface area contributed by atoms with Crippen molar-refractivity contribution < 1.29 is 4.79 Å². The van der Waals surface area contributed by atoms with Gasteiger partial charge in [0.05, 0.1) is 0 Å². The van der Waals surface area contributed by atoms with Gasteiger partial charge in [-0.15, -0.1) is 0 Å². The predicted molar refractivity (Wildman–Crippen MR) is 43.5 cm³/mol. The van der Waals surface area contributed by atoms with Crippen LogP contribution in [0.4, 0.5) is 4.79 Å². The molecule has 0 bridgehead atoms. The lowest BCUT2D eigenvalue weighted by Gasteiger charge is -2.10. The molecule has 1 aliphatic heterocycles. The second-order valence-corrected chi connectivity index (χ2v) is 2.69. The minimum atomic E-state index is -0.0544. The van der Waals surface area contributed by atoms with Gasteiger partial charge in [-0.1, -0.05) is 0 Å². The smallest absolute Gasteiger partial charge is 0.315 e. The highest BCUT2D eigenvalue weighted by Gasteiger charge is 2.15. The van der Waals surface area contributed by atoms with Gasteiger partial charge in [0.15, 0.2) is 0 Å². The summed E-state index contributed by atoms with van der Waals surface area (Å²) in [6.45, 7) is 4.51. The summed E-state index contributed by atoms with van der Waals surface area (Å²) in [7, 11) is 0. The van der Waals surface area contributed by atoms with Crippen LogP contribution in [0.5, 0.6) is 0 Å². The van der Waals surface area contributed by atoms with Gasteiger partial charge in [-0.05, 0) is 19.9 Å². The Morgan fingerprint density at radius 1 is 1.73 bits per heavy atom. The number of hydrogen-bond acceptors (Lipinski definition) is 2. The van der Waals surface area contributed by atoms with Gasteiger partial charge in [0.1, 0.15) is 0 Å². The molecule has 1 rings (SSSR count). The molecule has 0 saturated carbocycles. The third-order valence-corrected chi connectivity index (χ3v) is 1.73. The fourth-order valence-electron chi connectivity index (χ4n) is 1.17. The summed E-state index contributed by atoms with van der Waals surface area (Å²) in [6, 6.07) is 0.266. The molecule has 1 saturated heterocycles. The van der Waals surface area contributed by atoms with Crippen molar-refractivity contribution in [3.63, 3.8) is 0 Å². The second kappa shape index (κ2) is 4.18. The van der Waals surface area contributed by atoms with Gasteiger partial charge in [-0.25, -0.2) is 4.79 Å². The summed E-state index contributed by atoms with van der Waals surface area (Å²) in [5.41, 5.74) is 0. The lowest BCUT2D eigenvalue weighted by molar-refractivity contribution is 0.238. The van der Waals surface area contributed by atoms with Crippen molar-refractivity contribution >= 4 is 6.03 Å². The van der Waals surface area contributed by atoms with Gasteiger partial charge >= 0.3 is 6.03 Å². The predicted octanol–water partition coefficient (Wildman–Crippen LogP) is -0.333. The van der Waals surface area contributed by atoms with E-state index in [4.69, 9.17) is 0 Å². The zero-order valence-corrected chi connectivity index (χ0v) is 6.81. The zero-order valence-electron chi connectivity index (χ0n) is 6.81. The first kappa shape index (κ1) is 8.33. The SMILES string of the molecule is CCNC(=O)N[C@@H]1CCNC1. The quantitative estimate of drug-likeness (QED) is 0.514. The highest BCUT2D eigenvalue weighted by molar-refractivity contribution is 5.74. The third kappa shape index (κ3) is 2.76. The Kier molecular flexibility index (Phi) is 3.16. The molecule has 1 aliphatic rings. The summed E-state index contributed by atoms with van der Waals surface area (Å²) in [5, 5.41) is 8.74. The van der Waals surface area contributed by atoms with Crippen LogP contribution in [-0.4, -0.2) is 31.7 Å². The molecular formula is C7H15N3O. The summed E-state index contributed by atoms with van der Waals surface area (Å²) < 4.78 is 0. The molecule has 1 heterocycles. The zero-order chi connectivity index (χ0) is 8.10. The molecule has 4 heteroatoms. The van der Waals surface area contributed by atoms with E-state index in [0.717, 1.165) is 19.5 Å². The molecule has 1 fully saturated rings. The van der Waals surface area contributed by atoms with Crippen molar-refractivity contribution in [3.05, 3.63) is 0 Å². The molecule has 0 radical (unpaired) electrons. The summed E-state index contributed by atoms with van der Waals surface area (Å²) >= 11 is 0. The van der Waals surface area contributed by atoms with Crippen LogP contribution >= 0.6 is 0 Å². The standard InChI is InChI=1S/C7H15N3O/c1-2-9-7(11)10-6-3-4-8-5-6/h6,8H,2-5H2,1H3,(H2,9,10,11)/t6-/m1/s1. The first-order chi connectivity index (χ1) is 5.33. The van der Waals surface area contributed by atoms with Crippen molar-refractivity contribution in [3.8, 4) is 0 Å². The third-order valence-electron chi connectivity index (χ3n) is 1.73. The molecule has 0 aromatic carbocycles. The summed E-state index contributed by atoms with van der Waals surface area (Å²) in [6.07, 6.45) is 1.04. The molecule has 1 atom stereocenters. The first-order valence-corrected chi connectivity index (χ1v) is 4.08. The van der Waals surface area contributed by atoms with E-state index in [0.29, 0.717) is 12.6 Å². The molecule has 0 aromatic heterocycles. The van der Waals surface area contributed by atoms with E-state index >= 15 is 0 Å². The molecule has 2 amide bonds. The number of nitrogens with one attached hydrogen (secondary N) is 3. The van der Waals surface area contributed by atoms with E-state index in [1.807, 2.05) is 6.92 Å². The molecule has 64 valence electrons. The van der Waals surface area contributed by atoms with Gasteiger partial charge in [-0.3, -0.25) is 0 Å². The van der Waals surface area contributed by atoms with Crippen LogP contribution in [0.1, 0.15) is 13.3 Å². The lowest BCUT2D eigenvalue weighted by atomic mass is 10.3. The molecule has 3 N–H and O–H groups in total. The Balaban J connectivity index is 2.13. The lowest BCUT2D eigenvalue weighted by Crippen LogP contribution is -2.42. The van der Waals surface area contributed by atoms with Gasteiger partial charge in [0, 0.05) is 19.1 Å². The topological polar surface area (TPSA) is 53.2 Å². The Labute approximate surface area is 66.7 Å². The highest BCUT2D eigenvalue weighted by atomic mass is 16.2. The van der Waals surface area contributed by atoms with Crippen LogP contribution in [0.2, 0.25) is 0 Å². The Bertz CT molecular complexity index is 132. The second-order valence-electron chi connectivity index (χ2n) is 2.69. The van der Waals surface area contributed by atoms with Crippen LogP contribution in [0.15, 0.2) is 0 Å². The maximum Gasteiger partial charge on any atom is 0.315 e. The molecular weight excluding hydrogens is 142 g/mol. The molecule has 4 nitrogen and oxygen atoms in total. The maximum absolute atomic E-state index is 10.9. The van der Waals surface area contributed by atoms with E-state index in [1.165, 1.54) is 0 Å². The molecule has 0 aliphatic carbocycles. The highest BCUT2D eigenvalue weighted by Crippen LogP contribution is 1.95. The van der Waals surface area contributed by atoms with Crippen LogP contribution < -0.4 is 16.0 Å². The average Bonchev–Trinajstić information content (AvgIpc) is 2.40. The van der Waals surface area contributed by atoms with Crippen molar-refractivity contribution in [2.45, 2.75) is 19.4 Å². The normalized spacial score (nSPS) is 23.2. The van der Waals surface area contributed by atoms with Crippen molar-refractivity contribution in [2.75, 3.05) is 19.6 Å². The van der Waals surface area contributed by atoms with Crippen molar-refractivity contribution in [1.29, 1.82) is 0 Å². The first-order valence-electron chi connectivity index (χ1n) is 4.08. The minimum absolute atomic E-state index is 0.0544. The van der Waals surface area contributed by atoms with Gasteiger partial charge in [-0.2, -0.15) is 0 Å². The summed E-state index contributed by atoms with van der Waals surface area (Å²) in [5.74, 6) is 0. The van der Waals surface area contributed by atoms with E-state index in [1.54, 1.807) is 0 Å². The van der Waals surface area contributed by atoms with E-state index in [-0.39, 0.29) is 6.03 Å². The number of urea groups is 1. The van der Waals surface area contributed by atoms with Crippen LogP contribution in [0.25, 0.3) is 0 Å². The summed E-state index contributed by atoms with van der Waals surface area (Å²) in [4.78, 5) is 10.9. The van der Waals surface area contributed by atoms with Crippen LogP contribution in [0, 0.1) is 0 Å². The van der Waals surface area contributed by atoms with Gasteiger partial charge < -0.3 is 16.0 Å². The van der Waals surface area contributed by atoms with Crippen LogP contribution in [0.3, 0.4) is 0 Å². The fourth-order valence-corrected chi connectivity index (χ4v) is 1.17. The van der Waals surface area contributed by atoms with E-state index < -0.39 is 0 Å². The Morgan fingerprint density at radius 3 is 3.09 bits per heavy atom. The number of amides is 2. The average molecular weight is 157 g/mol. The number of carbonyl (C=O) groups is 1. The molecule has 0 aromatic rings. The molecule has 0 unspecified atom stereocenters. The van der Waals surface area contributed by atoms with Crippen molar-refractivity contribution in [1.82, 2.24) is 16.0 Å². The van der Waals surface area contributed by atoms with E-state index in [2.05, 4.69) is 16.0 Å². The number of rotatable bonds is 2. The number of carbonyl (C=O) groups excluding carboxylic acids is 1. The fraction of sp³-hybridized carbons (Fsp3) is 0.857. The molecule has 0 spiro atoms. The Hall–Kier alpha value is -0.770. The largest absolute Gasteiger partial charge is 0.338 e. The van der Waals surface area contributed by atoms with Gasteiger partial charge in [0.2, 0.25) is 0 Å². The maximum atomic E-state index is 10.9.